The Bertz CT molecular complexity index is 630. The largest absolute Gasteiger partial charge is 0.393 e. The molecule has 3 rings (SSSR count). The van der Waals surface area contributed by atoms with Crippen molar-refractivity contribution in [2.75, 3.05) is 6.61 Å². The number of nitrogens with zero attached hydrogens (tertiary/aromatic N) is 3. The van der Waals surface area contributed by atoms with E-state index in [1.165, 1.54) is 12.7 Å². The first-order valence-corrected chi connectivity index (χ1v) is 5.14. The van der Waals surface area contributed by atoms with E-state index in [-0.39, 0.29) is 30.0 Å². The van der Waals surface area contributed by atoms with Crippen LogP contribution >= 0.6 is 0 Å². The normalized spacial score (nSPS) is 23.6. The highest BCUT2D eigenvalue weighted by Gasteiger charge is 2.22. The van der Waals surface area contributed by atoms with Gasteiger partial charge in [0, 0.05) is 0 Å². The van der Waals surface area contributed by atoms with Crippen molar-refractivity contribution in [1.82, 2.24) is 19.5 Å². The smallest absolute Gasteiger partial charge is 0.278 e. The quantitative estimate of drug-likeness (QED) is 0.687. The maximum atomic E-state index is 11.5. The Kier molecular flexibility index (Phi) is 2.27. The van der Waals surface area contributed by atoms with Gasteiger partial charge in [0.15, 0.2) is 17.4 Å². The zero-order chi connectivity index (χ0) is 11.8. The van der Waals surface area contributed by atoms with Gasteiger partial charge in [-0.1, -0.05) is 6.08 Å². The number of nitrogens with one attached hydrogen (secondary N) is 1. The number of aliphatic hydroxyl groups is 1. The summed E-state index contributed by atoms with van der Waals surface area (Å²) >= 11 is 0. The number of hydrogen-bond donors (Lipinski definition) is 2. The average Bonchev–Trinajstić information content (AvgIpc) is 2.94. The van der Waals surface area contributed by atoms with Crippen molar-refractivity contribution in [3.8, 4) is 0 Å². The number of rotatable bonds is 2. The molecule has 2 aromatic heterocycles. The highest BCUT2D eigenvalue weighted by Crippen LogP contribution is 2.23. The van der Waals surface area contributed by atoms with Crippen LogP contribution in [-0.4, -0.2) is 37.3 Å². The predicted molar refractivity (Wildman–Crippen MR) is 58.3 cm³/mol. The van der Waals surface area contributed by atoms with Gasteiger partial charge in [-0.15, -0.1) is 0 Å². The molecule has 2 atom stereocenters. The van der Waals surface area contributed by atoms with Gasteiger partial charge in [0.05, 0.1) is 19.3 Å². The van der Waals surface area contributed by atoms with Crippen molar-refractivity contribution in [3.05, 3.63) is 35.2 Å². The number of aromatic nitrogens is 4. The van der Waals surface area contributed by atoms with Crippen molar-refractivity contribution < 1.29 is 9.84 Å². The van der Waals surface area contributed by atoms with Gasteiger partial charge in [-0.2, -0.15) is 0 Å². The van der Waals surface area contributed by atoms with E-state index >= 15 is 0 Å². The molecule has 0 aromatic carbocycles. The summed E-state index contributed by atoms with van der Waals surface area (Å²) in [6.07, 6.45) is 5.69. The molecule has 0 saturated heterocycles. The molecule has 0 amide bonds. The summed E-state index contributed by atoms with van der Waals surface area (Å²) in [5.74, 6) is 0. The SMILES string of the molecule is O=c1[nH]cnc2c1ncn2[C@H]1C=C[C@@H](CO)O1. The maximum Gasteiger partial charge on any atom is 0.278 e. The summed E-state index contributed by atoms with van der Waals surface area (Å²) in [6, 6.07) is 0. The highest BCUT2D eigenvalue weighted by molar-refractivity contribution is 5.68. The molecule has 1 aliphatic heterocycles. The van der Waals surface area contributed by atoms with E-state index in [4.69, 9.17) is 9.84 Å². The van der Waals surface area contributed by atoms with E-state index in [2.05, 4.69) is 15.0 Å². The minimum atomic E-state index is -0.383. The van der Waals surface area contributed by atoms with Crippen molar-refractivity contribution in [3.63, 3.8) is 0 Å². The monoisotopic (exact) mass is 234 g/mol. The van der Waals surface area contributed by atoms with Gasteiger partial charge in [-0.25, -0.2) is 9.97 Å². The summed E-state index contributed by atoms with van der Waals surface area (Å²) in [4.78, 5) is 22.0. The van der Waals surface area contributed by atoms with Crippen LogP contribution in [0.3, 0.4) is 0 Å². The molecule has 2 N–H and O–H groups in total. The molecule has 7 heteroatoms. The molecule has 88 valence electrons. The Labute approximate surface area is 95.4 Å². The fourth-order valence-corrected chi connectivity index (χ4v) is 1.80. The third kappa shape index (κ3) is 1.56. The first-order chi connectivity index (χ1) is 8.29. The molecule has 17 heavy (non-hydrogen) atoms. The molecule has 0 radical (unpaired) electrons. The van der Waals surface area contributed by atoms with Crippen LogP contribution in [-0.2, 0) is 4.74 Å². The summed E-state index contributed by atoms with van der Waals surface area (Å²) < 4.78 is 7.16. The Hall–Kier alpha value is -1.99. The number of ether oxygens (including phenoxy) is 1. The van der Waals surface area contributed by atoms with E-state index in [1.54, 1.807) is 16.7 Å². The van der Waals surface area contributed by atoms with Gasteiger partial charge in [-0.05, 0) is 6.08 Å². The molecule has 2 aromatic rings. The predicted octanol–water partition coefficient (Wildman–Crippen LogP) is -0.435. The molecular formula is C10H10N4O3. The summed E-state index contributed by atoms with van der Waals surface area (Å²) in [6.45, 7) is -0.0758. The number of H-pyrrole nitrogens is 1. The van der Waals surface area contributed by atoms with Crippen LogP contribution in [0.2, 0.25) is 0 Å². The molecule has 0 fully saturated rings. The van der Waals surface area contributed by atoms with Gasteiger partial charge in [0.25, 0.3) is 5.56 Å². The van der Waals surface area contributed by atoms with Crippen molar-refractivity contribution in [1.29, 1.82) is 0 Å². The van der Waals surface area contributed by atoms with Gasteiger partial charge < -0.3 is 14.8 Å². The fraction of sp³-hybridized carbons (Fsp3) is 0.300. The molecule has 3 heterocycles. The Morgan fingerprint density at radius 2 is 2.35 bits per heavy atom. The number of imidazole rings is 1. The lowest BCUT2D eigenvalue weighted by molar-refractivity contribution is -0.00639. The third-order valence-corrected chi connectivity index (χ3v) is 2.62. The Morgan fingerprint density at radius 1 is 1.47 bits per heavy atom. The number of aliphatic hydroxyl groups excluding tert-OH is 1. The van der Waals surface area contributed by atoms with E-state index in [0.29, 0.717) is 5.65 Å². The van der Waals surface area contributed by atoms with Crippen LogP contribution in [0.4, 0.5) is 0 Å². The van der Waals surface area contributed by atoms with Gasteiger partial charge in [-0.3, -0.25) is 9.36 Å². The second-order valence-corrected chi connectivity index (χ2v) is 3.69. The van der Waals surface area contributed by atoms with E-state index in [9.17, 15) is 4.79 Å². The van der Waals surface area contributed by atoms with Gasteiger partial charge in [0.1, 0.15) is 6.10 Å². The van der Waals surface area contributed by atoms with E-state index < -0.39 is 0 Å². The van der Waals surface area contributed by atoms with Gasteiger partial charge in [0.2, 0.25) is 0 Å². The van der Waals surface area contributed by atoms with E-state index in [1.807, 2.05) is 0 Å². The molecule has 0 aliphatic carbocycles. The second-order valence-electron chi connectivity index (χ2n) is 3.69. The van der Waals surface area contributed by atoms with Crippen LogP contribution in [0, 0.1) is 0 Å². The highest BCUT2D eigenvalue weighted by atomic mass is 16.5. The average molecular weight is 234 g/mol. The van der Waals surface area contributed by atoms with Crippen LogP contribution in [0.15, 0.2) is 29.6 Å². The molecule has 7 nitrogen and oxygen atoms in total. The fourth-order valence-electron chi connectivity index (χ4n) is 1.80. The van der Waals surface area contributed by atoms with Gasteiger partial charge >= 0.3 is 0 Å². The number of fused-ring (bicyclic) bond motifs is 1. The molecule has 0 saturated carbocycles. The lowest BCUT2D eigenvalue weighted by Gasteiger charge is -2.13. The topological polar surface area (TPSA) is 93.0 Å². The number of hydrogen-bond acceptors (Lipinski definition) is 5. The summed E-state index contributed by atoms with van der Waals surface area (Å²) in [7, 11) is 0. The van der Waals surface area contributed by atoms with Crippen LogP contribution < -0.4 is 5.56 Å². The third-order valence-electron chi connectivity index (χ3n) is 2.62. The lowest BCUT2D eigenvalue weighted by Crippen LogP contribution is -2.15. The molecule has 1 aliphatic rings. The summed E-state index contributed by atoms with van der Waals surface area (Å²) in [5.41, 5.74) is 0.452. The first-order valence-electron chi connectivity index (χ1n) is 5.14. The molecule has 0 unspecified atom stereocenters. The van der Waals surface area contributed by atoms with Crippen molar-refractivity contribution in [2.45, 2.75) is 12.3 Å². The lowest BCUT2D eigenvalue weighted by atomic mass is 10.4. The molecule has 0 bridgehead atoms. The minimum absolute atomic E-state index is 0.0758. The van der Waals surface area contributed by atoms with E-state index in [0.717, 1.165) is 0 Å². The zero-order valence-electron chi connectivity index (χ0n) is 8.78. The molecular weight excluding hydrogens is 224 g/mol. The van der Waals surface area contributed by atoms with Crippen LogP contribution in [0.25, 0.3) is 11.2 Å². The maximum absolute atomic E-state index is 11.5. The Balaban J connectivity index is 2.05. The summed E-state index contributed by atoms with van der Waals surface area (Å²) in [5, 5.41) is 8.97. The first kappa shape index (κ1) is 10.2. The standard InChI is InChI=1S/C10H10N4O3/c15-3-6-1-2-7(17-6)14-5-13-8-9(14)11-4-12-10(8)16/h1-2,4-7,15H,3H2,(H,11,12,16)/t6-,7+/m0/s1. The van der Waals surface area contributed by atoms with Crippen molar-refractivity contribution >= 4 is 11.2 Å². The van der Waals surface area contributed by atoms with Crippen LogP contribution in [0.1, 0.15) is 6.23 Å². The molecule has 0 spiro atoms. The Morgan fingerprint density at radius 3 is 3.12 bits per heavy atom. The number of aromatic amines is 1. The zero-order valence-corrected chi connectivity index (χ0v) is 8.78. The van der Waals surface area contributed by atoms with Crippen molar-refractivity contribution in [2.24, 2.45) is 0 Å². The second kappa shape index (κ2) is 3.79. The van der Waals surface area contributed by atoms with Crippen LogP contribution in [0.5, 0.6) is 0 Å². The minimum Gasteiger partial charge on any atom is -0.393 e.